The van der Waals surface area contributed by atoms with Gasteiger partial charge in [-0.05, 0) is 69.1 Å². The molecule has 0 unspecified atom stereocenters. The van der Waals surface area contributed by atoms with Crippen molar-refractivity contribution in [1.82, 2.24) is 0 Å². The van der Waals surface area contributed by atoms with E-state index in [1.165, 1.54) is 0 Å². The summed E-state index contributed by atoms with van der Waals surface area (Å²) >= 11 is 0. The molecule has 1 fully saturated rings. The van der Waals surface area contributed by atoms with Gasteiger partial charge in [0.2, 0.25) is 0 Å². The summed E-state index contributed by atoms with van der Waals surface area (Å²) in [6.07, 6.45) is 4.56. The smallest absolute Gasteiger partial charge is 0.306 e. The van der Waals surface area contributed by atoms with Crippen LogP contribution in [-0.2, 0) is 19.1 Å². The van der Waals surface area contributed by atoms with Gasteiger partial charge in [0.15, 0.2) is 12.0 Å². The lowest BCUT2D eigenvalue weighted by Crippen LogP contribution is -2.46. The van der Waals surface area contributed by atoms with Gasteiger partial charge < -0.3 is 9.92 Å². The molecule has 0 spiro atoms. The van der Waals surface area contributed by atoms with Crippen LogP contribution in [0.15, 0.2) is 17.9 Å². The van der Waals surface area contributed by atoms with Crippen LogP contribution in [0.4, 0.5) is 0 Å². The molecule has 0 saturated heterocycles. The lowest BCUT2D eigenvalue weighted by Gasteiger charge is -2.37. The fourth-order valence-corrected chi connectivity index (χ4v) is 4.44. The van der Waals surface area contributed by atoms with Gasteiger partial charge in [-0.2, -0.15) is 8.42 Å². The predicted molar refractivity (Wildman–Crippen MR) is 104 cm³/mol. The number of hydrogen-bond donors (Lipinski definition) is 1. The van der Waals surface area contributed by atoms with Crippen molar-refractivity contribution in [3.05, 3.63) is 40.1 Å². The summed E-state index contributed by atoms with van der Waals surface area (Å²) in [6.45, 7) is 7.94. The Morgan fingerprint density at radius 1 is 1.19 bits per heavy atom. The number of allylic oxidation sites excluding steroid dienone is 1. The lowest BCUT2D eigenvalue weighted by molar-refractivity contribution is -0.103. The van der Waals surface area contributed by atoms with E-state index in [9.17, 15) is 13.2 Å². The maximum Gasteiger partial charge on any atom is 0.306 e. The minimum atomic E-state index is -3.82. The van der Waals surface area contributed by atoms with Crippen LogP contribution in [0.1, 0.15) is 54.9 Å². The topological polar surface area (TPSA) is 86.5 Å². The number of nitrogens with two attached hydrogens (primary N) is 1. The Morgan fingerprint density at radius 3 is 2.12 bits per heavy atom. The molecule has 2 rings (SSSR count). The number of hydrogen-bond acceptors (Lipinski definition) is 5. The lowest BCUT2D eigenvalue weighted by atomic mass is 9.75. The summed E-state index contributed by atoms with van der Waals surface area (Å²) in [4.78, 5) is 12.1. The van der Waals surface area contributed by atoms with E-state index in [4.69, 9.17) is 9.92 Å². The fraction of sp³-hybridized carbons (Fsp3) is 0.550. The van der Waals surface area contributed by atoms with Crippen LogP contribution in [0.25, 0.3) is 5.57 Å². The maximum atomic E-state index is 12.1. The molecule has 1 aromatic rings. The number of carbonyl (C=O) groups is 1. The first-order valence-electron chi connectivity index (χ1n) is 8.93. The fourth-order valence-electron chi connectivity index (χ4n) is 3.88. The summed E-state index contributed by atoms with van der Waals surface area (Å²) < 4.78 is 29.2. The van der Waals surface area contributed by atoms with Gasteiger partial charge in [-0.15, -0.1) is 0 Å². The average Bonchev–Trinajstić information content (AvgIpc) is 2.51. The molecule has 0 heterocycles. The molecule has 0 radical (unpaired) electrons. The number of aldehydes is 1. The minimum absolute atomic E-state index is 0.0805. The van der Waals surface area contributed by atoms with Crippen molar-refractivity contribution in [2.24, 2.45) is 11.7 Å². The van der Waals surface area contributed by atoms with E-state index in [-0.39, 0.29) is 11.3 Å². The summed E-state index contributed by atoms with van der Waals surface area (Å²) in [5, 5.41) is 0. The molecule has 0 aliphatic heterocycles. The molecular weight excluding hydrogens is 350 g/mol. The first-order valence-corrected chi connectivity index (χ1v) is 10.7. The summed E-state index contributed by atoms with van der Waals surface area (Å²) in [6, 6.07) is 3.94. The molecule has 0 aromatic heterocycles. The zero-order valence-electron chi connectivity index (χ0n) is 16.3. The Balaban J connectivity index is 2.73. The van der Waals surface area contributed by atoms with Crippen molar-refractivity contribution in [3.8, 4) is 0 Å². The van der Waals surface area contributed by atoms with Gasteiger partial charge in [0, 0.05) is 0 Å². The van der Waals surface area contributed by atoms with Crippen molar-refractivity contribution in [2.75, 3.05) is 6.26 Å². The van der Waals surface area contributed by atoms with Gasteiger partial charge in [0.25, 0.3) is 0 Å². The van der Waals surface area contributed by atoms with Crippen LogP contribution in [-0.4, -0.2) is 26.5 Å². The molecule has 0 atom stereocenters. The molecule has 0 amide bonds. The zero-order chi connectivity index (χ0) is 19.7. The van der Waals surface area contributed by atoms with Gasteiger partial charge in [0.1, 0.15) is 0 Å². The highest BCUT2D eigenvalue weighted by Gasteiger charge is 2.39. The molecule has 2 N–H and O–H groups in total. The van der Waals surface area contributed by atoms with Gasteiger partial charge in [-0.3, -0.25) is 4.79 Å². The monoisotopic (exact) mass is 379 g/mol. The highest BCUT2D eigenvalue weighted by Crippen LogP contribution is 2.40. The Kier molecular flexibility index (Phi) is 5.98. The van der Waals surface area contributed by atoms with E-state index < -0.39 is 15.7 Å². The molecule has 6 heteroatoms. The standard InChI is InChI=1S/C20H29NO4S/c1-13-6-8-20(21,9-7-13)19(25-26(5,23)24)17(12-22)18-15(3)10-14(2)11-16(18)4/h10-13H,6-9,21H2,1-5H3/b19-17-. The molecule has 0 bridgehead atoms. The Morgan fingerprint density at radius 2 is 1.69 bits per heavy atom. The summed E-state index contributed by atoms with van der Waals surface area (Å²) in [7, 11) is -3.82. The van der Waals surface area contributed by atoms with Crippen molar-refractivity contribution >= 4 is 22.0 Å². The predicted octanol–water partition coefficient (Wildman–Crippen LogP) is 3.41. The largest absolute Gasteiger partial charge is 0.384 e. The minimum Gasteiger partial charge on any atom is -0.384 e. The third-order valence-corrected chi connectivity index (χ3v) is 5.63. The molecule has 5 nitrogen and oxygen atoms in total. The highest BCUT2D eigenvalue weighted by molar-refractivity contribution is 7.86. The van der Waals surface area contributed by atoms with Crippen LogP contribution in [0, 0.1) is 26.7 Å². The first kappa shape index (κ1) is 20.6. The second-order valence-corrected chi connectivity index (χ2v) is 9.34. The molecule has 1 aromatic carbocycles. The van der Waals surface area contributed by atoms with E-state index in [2.05, 4.69) is 6.92 Å². The quantitative estimate of drug-likeness (QED) is 0.367. The molecule has 144 valence electrons. The van der Waals surface area contributed by atoms with Crippen molar-refractivity contribution in [3.63, 3.8) is 0 Å². The highest BCUT2D eigenvalue weighted by atomic mass is 32.2. The third kappa shape index (κ3) is 4.54. The maximum absolute atomic E-state index is 12.1. The SMILES string of the molecule is Cc1cc(C)c(/C(C=O)=C(\OS(C)(=O)=O)C2(N)CCC(C)CC2)c(C)c1. The van der Waals surface area contributed by atoms with E-state index in [1.807, 2.05) is 32.9 Å². The molecule has 1 saturated carbocycles. The van der Waals surface area contributed by atoms with Gasteiger partial charge in [-0.25, -0.2) is 0 Å². The van der Waals surface area contributed by atoms with Crippen molar-refractivity contribution in [2.45, 2.75) is 58.9 Å². The van der Waals surface area contributed by atoms with Crippen LogP contribution in [0.5, 0.6) is 0 Å². The van der Waals surface area contributed by atoms with Crippen LogP contribution < -0.4 is 5.73 Å². The second kappa shape index (κ2) is 7.53. The van der Waals surface area contributed by atoms with E-state index in [1.54, 1.807) is 0 Å². The van der Waals surface area contributed by atoms with E-state index in [0.717, 1.165) is 35.8 Å². The van der Waals surface area contributed by atoms with Crippen molar-refractivity contribution < 1.29 is 17.4 Å². The molecule has 1 aliphatic rings. The van der Waals surface area contributed by atoms with Gasteiger partial charge in [0.05, 0.1) is 17.4 Å². The summed E-state index contributed by atoms with van der Waals surface area (Å²) in [5.41, 5.74) is 9.46. The second-order valence-electron chi connectivity index (χ2n) is 7.76. The van der Waals surface area contributed by atoms with Crippen LogP contribution in [0.2, 0.25) is 0 Å². The summed E-state index contributed by atoms with van der Waals surface area (Å²) in [5.74, 6) is 0.602. The van der Waals surface area contributed by atoms with Gasteiger partial charge in [-0.1, -0.05) is 24.6 Å². The van der Waals surface area contributed by atoms with Gasteiger partial charge >= 0.3 is 10.1 Å². The first-order chi connectivity index (χ1) is 12.0. The van der Waals surface area contributed by atoms with Crippen molar-refractivity contribution in [1.29, 1.82) is 0 Å². The Bertz CT molecular complexity index is 808. The Labute approximate surface area is 156 Å². The molecule has 1 aliphatic carbocycles. The molecular formula is C20H29NO4S. The van der Waals surface area contributed by atoms with Crippen LogP contribution >= 0.6 is 0 Å². The Hall–Kier alpha value is -1.66. The third-order valence-electron chi connectivity index (χ3n) is 5.16. The van der Waals surface area contributed by atoms with Crippen LogP contribution in [0.3, 0.4) is 0 Å². The zero-order valence-corrected chi connectivity index (χ0v) is 17.1. The number of carbonyl (C=O) groups excluding carboxylic acids is 1. The average molecular weight is 380 g/mol. The number of benzene rings is 1. The normalized spacial score (nSPS) is 24.8. The van der Waals surface area contributed by atoms with E-state index in [0.29, 0.717) is 30.6 Å². The van der Waals surface area contributed by atoms with E-state index >= 15 is 0 Å². The number of aryl methyl sites for hydroxylation is 3. The number of rotatable bonds is 5. The molecule has 26 heavy (non-hydrogen) atoms.